The number of anilines is 1. The number of aliphatic hydroxyl groups excluding tert-OH is 1. The molecule has 0 heterocycles. The van der Waals surface area contributed by atoms with E-state index in [0.29, 0.717) is 19.7 Å². The molecule has 1 aromatic carbocycles. The number of thioether (sulfide) groups is 1. The third-order valence-electron chi connectivity index (χ3n) is 2.81. The van der Waals surface area contributed by atoms with Crippen molar-refractivity contribution < 1.29 is 9.84 Å². The van der Waals surface area contributed by atoms with Gasteiger partial charge in [-0.15, -0.1) is 11.8 Å². The minimum Gasteiger partial charge on any atom is -0.395 e. The zero-order valence-electron chi connectivity index (χ0n) is 11.1. The first-order chi connectivity index (χ1) is 8.78. The van der Waals surface area contributed by atoms with Crippen molar-refractivity contribution in [3.05, 3.63) is 23.8 Å². The number of ether oxygens (including phenoxy) is 1. The highest BCUT2D eigenvalue weighted by atomic mass is 32.2. The number of methoxy groups -OCH3 is 1. The van der Waals surface area contributed by atoms with Crippen LogP contribution in [0.25, 0.3) is 0 Å². The molecule has 102 valence electrons. The van der Waals surface area contributed by atoms with Crippen molar-refractivity contribution >= 4 is 17.4 Å². The topological polar surface area (TPSA) is 58.7 Å². The Kier molecular flexibility index (Phi) is 7.12. The van der Waals surface area contributed by atoms with E-state index in [0.717, 1.165) is 17.8 Å². The number of aliphatic hydroxyl groups is 1. The summed E-state index contributed by atoms with van der Waals surface area (Å²) < 4.78 is 5.11. The van der Waals surface area contributed by atoms with Crippen molar-refractivity contribution in [2.75, 3.05) is 44.6 Å². The molecule has 0 aliphatic heterocycles. The van der Waals surface area contributed by atoms with Gasteiger partial charge in [-0.25, -0.2) is 0 Å². The summed E-state index contributed by atoms with van der Waals surface area (Å²) >= 11 is 1.69. The van der Waals surface area contributed by atoms with Gasteiger partial charge in [-0.3, -0.25) is 0 Å². The molecule has 1 aromatic rings. The van der Waals surface area contributed by atoms with E-state index < -0.39 is 0 Å². The van der Waals surface area contributed by atoms with Gasteiger partial charge in [-0.05, 0) is 18.4 Å². The third kappa shape index (κ3) is 3.88. The molecule has 0 radical (unpaired) electrons. The van der Waals surface area contributed by atoms with E-state index >= 15 is 0 Å². The highest BCUT2D eigenvalue weighted by molar-refractivity contribution is 7.98. The van der Waals surface area contributed by atoms with E-state index in [1.165, 1.54) is 4.90 Å². The van der Waals surface area contributed by atoms with Crippen molar-refractivity contribution in [2.45, 2.75) is 11.4 Å². The second-order valence-corrected chi connectivity index (χ2v) is 4.71. The summed E-state index contributed by atoms with van der Waals surface area (Å²) in [6, 6.07) is 6.15. The second-order valence-electron chi connectivity index (χ2n) is 3.87. The van der Waals surface area contributed by atoms with Gasteiger partial charge in [-0.2, -0.15) is 0 Å². The van der Waals surface area contributed by atoms with Crippen LogP contribution in [0, 0.1) is 0 Å². The van der Waals surface area contributed by atoms with Crippen molar-refractivity contribution in [1.82, 2.24) is 0 Å². The number of nitrogens with two attached hydrogens (primary N) is 1. The molecule has 1 rings (SSSR count). The maximum Gasteiger partial charge on any atom is 0.0637 e. The minimum absolute atomic E-state index is 0.122. The van der Waals surface area contributed by atoms with Gasteiger partial charge >= 0.3 is 0 Å². The molecule has 5 heteroatoms. The van der Waals surface area contributed by atoms with Crippen LogP contribution in [0.3, 0.4) is 0 Å². The number of rotatable bonds is 8. The largest absolute Gasteiger partial charge is 0.395 e. The number of nitrogens with zero attached hydrogens (tertiary/aromatic N) is 1. The standard InChI is InChI=1S/C13H22N2O2S/c1-17-9-7-15(6-8-16)12-4-3-5-13(18-2)11(12)10-14/h3-5,16H,6-10,14H2,1-2H3. The first-order valence-electron chi connectivity index (χ1n) is 5.99. The molecule has 0 bridgehead atoms. The van der Waals surface area contributed by atoms with Crippen LogP contribution in [0.5, 0.6) is 0 Å². The summed E-state index contributed by atoms with van der Waals surface area (Å²) in [5.74, 6) is 0. The zero-order valence-corrected chi connectivity index (χ0v) is 11.9. The Morgan fingerprint density at radius 3 is 2.72 bits per heavy atom. The van der Waals surface area contributed by atoms with Gasteiger partial charge in [0.15, 0.2) is 0 Å². The van der Waals surface area contributed by atoms with Gasteiger partial charge in [0.2, 0.25) is 0 Å². The lowest BCUT2D eigenvalue weighted by Gasteiger charge is -2.27. The van der Waals surface area contributed by atoms with Gasteiger partial charge in [0.05, 0.1) is 13.2 Å². The summed E-state index contributed by atoms with van der Waals surface area (Å²) in [6.45, 7) is 2.60. The van der Waals surface area contributed by atoms with E-state index in [1.807, 2.05) is 18.4 Å². The molecular formula is C13H22N2O2S. The van der Waals surface area contributed by atoms with E-state index in [1.54, 1.807) is 18.9 Å². The van der Waals surface area contributed by atoms with Crippen LogP contribution in [-0.2, 0) is 11.3 Å². The monoisotopic (exact) mass is 270 g/mol. The molecule has 0 unspecified atom stereocenters. The van der Waals surface area contributed by atoms with Crippen LogP contribution in [-0.4, -0.2) is 44.8 Å². The third-order valence-corrected chi connectivity index (χ3v) is 3.63. The Morgan fingerprint density at radius 2 is 2.17 bits per heavy atom. The van der Waals surface area contributed by atoms with Gasteiger partial charge in [-0.1, -0.05) is 6.07 Å². The fraction of sp³-hybridized carbons (Fsp3) is 0.538. The highest BCUT2D eigenvalue weighted by Crippen LogP contribution is 2.29. The van der Waals surface area contributed by atoms with Crippen LogP contribution in [0.4, 0.5) is 5.69 Å². The summed E-state index contributed by atoms with van der Waals surface area (Å²) in [4.78, 5) is 3.31. The molecule has 0 saturated heterocycles. The lowest BCUT2D eigenvalue weighted by atomic mass is 10.1. The van der Waals surface area contributed by atoms with Crippen LogP contribution >= 0.6 is 11.8 Å². The molecule has 18 heavy (non-hydrogen) atoms. The Balaban J connectivity index is 3.01. The van der Waals surface area contributed by atoms with Crippen molar-refractivity contribution in [3.63, 3.8) is 0 Å². The number of hydrogen-bond acceptors (Lipinski definition) is 5. The first-order valence-corrected chi connectivity index (χ1v) is 7.21. The SMILES string of the molecule is COCCN(CCO)c1cccc(SC)c1CN. The van der Waals surface area contributed by atoms with Crippen molar-refractivity contribution in [3.8, 4) is 0 Å². The van der Waals surface area contributed by atoms with Gasteiger partial charge in [0.1, 0.15) is 0 Å². The summed E-state index contributed by atoms with van der Waals surface area (Å²) in [6.07, 6.45) is 2.05. The van der Waals surface area contributed by atoms with E-state index in [-0.39, 0.29) is 6.61 Å². The molecule has 0 aromatic heterocycles. The van der Waals surface area contributed by atoms with Crippen molar-refractivity contribution in [1.29, 1.82) is 0 Å². The Labute approximate surface area is 113 Å². The van der Waals surface area contributed by atoms with Gasteiger partial charge < -0.3 is 20.5 Å². The van der Waals surface area contributed by atoms with Gasteiger partial charge in [0, 0.05) is 42.9 Å². The average molecular weight is 270 g/mol. The maximum atomic E-state index is 9.17. The molecular weight excluding hydrogens is 248 g/mol. The second kappa shape index (κ2) is 8.37. The quantitative estimate of drug-likeness (QED) is 0.698. The normalized spacial score (nSPS) is 10.7. The number of benzene rings is 1. The lowest BCUT2D eigenvalue weighted by Crippen LogP contribution is -2.31. The van der Waals surface area contributed by atoms with E-state index in [9.17, 15) is 0 Å². The van der Waals surface area contributed by atoms with Crippen LogP contribution in [0.1, 0.15) is 5.56 Å². The molecule has 0 saturated carbocycles. The predicted molar refractivity (Wildman–Crippen MR) is 77.3 cm³/mol. The minimum atomic E-state index is 0.122. The van der Waals surface area contributed by atoms with Crippen molar-refractivity contribution in [2.24, 2.45) is 5.73 Å². The summed E-state index contributed by atoms with van der Waals surface area (Å²) in [5.41, 5.74) is 8.08. The summed E-state index contributed by atoms with van der Waals surface area (Å²) in [5, 5.41) is 9.17. The maximum absolute atomic E-state index is 9.17. The zero-order chi connectivity index (χ0) is 13.4. The molecule has 3 N–H and O–H groups in total. The Bertz CT molecular complexity index is 361. The molecule has 0 amide bonds. The first kappa shape index (κ1) is 15.3. The average Bonchev–Trinajstić information content (AvgIpc) is 2.42. The van der Waals surface area contributed by atoms with E-state index in [2.05, 4.69) is 11.0 Å². The Hall–Kier alpha value is -0.750. The molecule has 0 spiro atoms. The molecule has 4 nitrogen and oxygen atoms in total. The van der Waals surface area contributed by atoms with Gasteiger partial charge in [0.25, 0.3) is 0 Å². The molecule has 0 aliphatic carbocycles. The smallest absolute Gasteiger partial charge is 0.0637 e. The molecule has 0 aliphatic rings. The van der Waals surface area contributed by atoms with Crippen LogP contribution in [0.2, 0.25) is 0 Å². The van der Waals surface area contributed by atoms with Crippen LogP contribution < -0.4 is 10.6 Å². The number of hydrogen-bond donors (Lipinski definition) is 2. The van der Waals surface area contributed by atoms with Crippen LogP contribution in [0.15, 0.2) is 23.1 Å². The predicted octanol–water partition coefficient (Wildman–Crippen LogP) is 1.31. The summed E-state index contributed by atoms with van der Waals surface area (Å²) in [7, 11) is 1.68. The lowest BCUT2D eigenvalue weighted by molar-refractivity contribution is 0.203. The van der Waals surface area contributed by atoms with E-state index in [4.69, 9.17) is 15.6 Å². The molecule has 0 atom stereocenters. The highest BCUT2D eigenvalue weighted by Gasteiger charge is 2.12. The fourth-order valence-electron chi connectivity index (χ4n) is 1.92. The molecule has 0 fully saturated rings. The fourth-order valence-corrected chi connectivity index (χ4v) is 2.57. The Morgan fingerprint density at radius 1 is 1.39 bits per heavy atom.